The van der Waals surface area contributed by atoms with Gasteiger partial charge >= 0.3 is 0 Å². The highest BCUT2D eigenvalue weighted by Crippen LogP contribution is 2.27. The van der Waals surface area contributed by atoms with Crippen molar-refractivity contribution in [3.63, 3.8) is 0 Å². The molecule has 0 bridgehead atoms. The molecular weight excluding hydrogens is 354 g/mol. The predicted octanol–water partition coefficient (Wildman–Crippen LogP) is 3.78. The van der Waals surface area contributed by atoms with Crippen molar-refractivity contribution in [2.45, 2.75) is 19.8 Å². The molecule has 0 atom stereocenters. The number of thiophene rings is 1. The Morgan fingerprint density at radius 2 is 2.00 bits per heavy atom. The fourth-order valence-electron chi connectivity index (χ4n) is 2.91. The van der Waals surface area contributed by atoms with Gasteiger partial charge in [0.1, 0.15) is 0 Å². The molecule has 1 fully saturated rings. The number of anilines is 1. The predicted molar refractivity (Wildman–Crippen MR) is 99.7 cm³/mol. The summed E-state index contributed by atoms with van der Waals surface area (Å²) in [6.45, 7) is 3.45. The summed E-state index contributed by atoms with van der Waals surface area (Å²) in [5, 5.41) is 15.5. The molecule has 1 N–H and O–H groups in total. The topological polar surface area (TPSA) is 92.6 Å². The third-order valence-corrected chi connectivity index (χ3v) is 5.38. The van der Waals surface area contributed by atoms with E-state index in [0.29, 0.717) is 23.9 Å². The number of carbonyl (C=O) groups excluding carboxylic acids is 2. The van der Waals surface area contributed by atoms with Crippen LogP contribution >= 0.6 is 11.3 Å². The number of nitrogens with one attached hydrogen (secondary N) is 1. The minimum Gasteiger partial charge on any atom is -0.339 e. The van der Waals surface area contributed by atoms with Gasteiger partial charge < -0.3 is 10.2 Å². The van der Waals surface area contributed by atoms with Crippen molar-refractivity contribution in [1.29, 1.82) is 0 Å². The monoisotopic (exact) mass is 373 g/mol. The number of benzene rings is 1. The lowest BCUT2D eigenvalue weighted by Gasteiger charge is -2.30. The van der Waals surface area contributed by atoms with Crippen LogP contribution in [0, 0.1) is 16.0 Å². The third-order valence-electron chi connectivity index (χ3n) is 4.51. The van der Waals surface area contributed by atoms with Crippen molar-refractivity contribution in [1.82, 2.24) is 4.90 Å². The first kappa shape index (κ1) is 18.1. The van der Waals surface area contributed by atoms with E-state index in [1.807, 2.05) is 0 Å². The highest BCUT2D eigenvalue weighted by Gasteiger charge is 2.25. The van der Waals surface area contributed by atoms with E-state index in [4.69, 9.17) is 0 Å². The third kappa shape index (κ3) is 3.91. The molecule has 1 aliphatic heterocycles. The van der Waals surface area contributed by atoms with Crippen LogP contribution in [0.4, 0.5) is 11.4 Å². The lowest BCUT2D eigenvalue weighted by atomic mass is 9.98. The Morgan fingerprint density at radius 1 is 1.27 bits per heavy atom. The molecule has 8 heteroatoms. The SMILES string of the molecule is CC1CCN(C(=O)c2ccc([N+](=O)[O-])cc2NC(=O)c2cccs2)CC1. The van der Waals surface area contributed by atoms with Crippen LogP contribution in [0.25, 0.3) is 0 Å². The highest BCUT2D eigenvalue weighted by molar-refractivity contribution is 7.12. The van der Waals surface area contributed by atoms with Gasteiger partial charge in [-0.2, -0.15) is 0 Å². The number of nitro groups is 1. The molecule has 2 amide bonds. The molecule has 2 heterocycles. The average molecular weight is 373 g/mol. The van der Waals surface area contributed by atoms with Crippen LogP contribution in [0.3, 0.4) is 0 Å². The number of nitrogens with zero attached hydrogens (tertiary/aromatic N) is 2. The normalized spacial score (nSPS) is 14.9. The lowest BCUT2D eigenvalue weighted by molar-refractivity contribution is -0.384. The zero-order valence-corrected chi connectivity index (χ0v) is 15.1. The highest BCUT2D eigenvalue weighted by atomic mass is 32.1. The van der Waals surface area contributed by atoms with Crippen LogP contribution in [0.5, 0.6) is 0 Å². The number of rotatable bonds is 4. The fourth-order valence-corrected chi connectivity index (χ4v) is 3.53. The van der Waals surface area contributed by atoms with Gasteiger partial charge in [-0.3, -0.25) is 19.7 Å². The second-order valence-corrected chi connectivity index (χ2v) is 7.34. The van der Waals surface area contributed by atoms with Gasteiger partial charge in [-0.25, -0.2) is 0 Å². The van der Waals surface area contributed by atoms with E-state index in [0.717, 1.165) is 12.8 Å². The standard InChI is InChI=1S/C18H19N3O4S/c1-12-6-8-20(9-7-12)18(23)14-5-4-13(21(24)25)11-15(14)19-17(22)16-3-2-10-26-16/h2-5,10-12H,6-9H2,1H3,(H,19,22). The van der Waals surface area contributed by atoms with Crippen LogP contribution in [-0.2, 0) is 0 Å². The van der Waals surface area contributed by atoms with E-state index in [1.54, 1.807) is 22.4 Å². The second-order valence-electron chi connectivity index (χ2n) is 6.39. The number of piperidine rings is 1. The number of amides is 2. The van der Waals surface area contributed by atoms with Crippen LogP contribution in [-0.4, -0.2) is 34.7 Å². The number of nitro benzene ring substituents is 1. The first-order valence-corrected chi connectivity index (χ1v) is 9.26. The van der Waals surface area contributed by atoms with Crippen molar-refractivity contribution in [3.8, 4) is 0 Å². The Labute approximate surface area is 154 Å². The molecule has 136 valence electrons. The van der Waals surface area contributed by atoms with E-state index in [1.165, 1.54) is 29.5 Å². The Balaban J connectivity index is 1.89. The second kappa shape index (κ2) is 7.65. The van der Waals surface area contributed by atoms with Crippen molar-refractivity contribution < 1.29 is 14.5 Å². The lowest BCUT2D eigenvalue weighted by Crippen LogP contribution is -2.38. The first-order chi connectivity index (χ1) is 12.5. The van der Waals surface area contributed by atoms with Crippen molar-refractivity contribution >= 4 is 34.5 Å². The number of likely N-dealkylation sites (tertiary alicyclic amines) is 1. The molecule has 26 heavy (non-hydrogen) atoms. The van der Waals surface area contributed by atoms with Gasteiger partial charge in [-0.05, 0) is 36.3 Å². The minimum atomic E-state index is -0.544. The summed E-state index contributed by atoms with van der Waals surface area (Å²) in [5.41, 5.74) is 0.270. The quantitative estimate of drug-likeness (QED) is 0.652. The van der Waals surface area contributed by atoms with Gasteiger partial charge in [0.2, 0.25) is 0 Å². The molecule has 1 aromatic heterocycles. The zero-order valence-electron chi connectivity index (χ0n) is 14.3. The fraction of sp³-hybridized carbons (Fsp3) is 0.333. The maximum Gasteiger partial charge on any atom is 0.271 e. The number of non-ortho nitro benzene ring substituents is 1. The molecule has 0 spiro atoms. The molecule has 2 aromatic rings. The Morgan fingerprint density at radius 3 is 2.62 bits per heavy atom. The van der Waals surface area contributed by atoms with Gasteiger partial charge in [-0.15, -0.1) is 11.3 Å². The summed E-state index contributed by atoms with van der Waals surface area (Å²) in [6.07, 6.45) is 1.85. The van der Waals surface area contributed by atoms with Gasteiger partial charge in [0.05, 0.1) is 21.1 Å². The van der Waals surface area contributed by atoms with Crippen LogP contribution in [0.15, 0.2) is 35.7 Å². The van der Waals surface area contributed by atoms with Crippen LogP contribution in [0.2, 0.25) is 0 Å². The summed E-state index contributed by atoms with van der Waals surface area (Å²) in [7, 11) is 0. The molecule has 1 aliphatic rings. The summed E-state index contributed by atoms with van der Waals surface area (Å²) >= 11 is 1.26. The molecule has 1 saturated heterocycles. The van der Waals surface area contributed by atoms with Crippen molar-refractivity contribution in [3.05, 3.63) is 56.3 Å². The van der Waals surface area contributed by atoms with Crippen LogP contribution in [0.1, 0.15) is 39.8 Å². The summed E-state index contributed by atoms with van der Waals surface area (Å²) in [6, 6.07) is 7.35. The molecule has 1 aromatic carbocycles. The van der Waals surface area contributed by atoms with Crippen LogP contribution < -0.4 is 5.32 Å². The van der Waals surface area contributed by atoms with Gasteiger partial charge in [0.15, 0.2) is 0 Å². The maximum absolute atomic E-state index is 12.9. The smallest absolute Gasteiger partial charge is 0.271 e. The van der Waals surface area contributed by atoms with E-state index < -0.39 is 4.92 Å². The number of carbonyl (C=O) groups is 2. The first-order valence-electron chi connectivity index (χ1n) is 8.38. The van der Waals surface area contributed by atoms with Gasteiger partial charge in [-0.1, -0.05) is 13.0 Å². The van der Waals surface area contributed by atoms with Gasteiger partial charge in [0, 0.05) is 25.2 Å². The number of hydrogen-bond acceptors (Lipinski definition) is 5. The van der Waals surface area contributed by atoms with Gasteiger partial charge in [0.25, 0.3) is 17.5 Å². The summed E-state index contributed by atoms with van der Waals surface area (Å²) in [4.78, 5) is 38.0. The molecule has 0 radical (unpaired) electrons. The molecule has 0 saturated carbocycles. The summed E-state index contributed by atoms with van der Waals surface area (Å²) < 4.78 is 0. The van der Waals surface area contributed by atoms with E-state index in [9.17, 15) is 19.7 Å². The largest absolute Gasteiger partial charge is 0.339 e. The Kier molecular flexibility index (Phi) is 5.32. The Hall–Kier alpha value is -2.74. The maximum atomic E-state index is 12.9. The van der Waals surface area contributed by atoms with E-state index >= 15 is 0 Å². The Bertz CT molecular complexity index is 827. The van der Waals surface area contributed by atoms with E-state index in [-0.39, 0.29) is 28.8 Å². The molecule has 0 unspecified atom stereocenters. The van der Waals surface area contributed by atoms with Crippen molar-refractivity contribution in [2.75, 3.05) is 18.4 Å². The molecule has 7 nitrogen and oxygen atoms in total. The minimum absolute atomic E-state index is 0.168. The zero-order chi connectivity index (χ0) is 18.7. The van der Waals surface area contributed by atoms with E-state index in [2.05, 4.69) is 12.2 Å². The molecular formula is C18H19N3O4S. The molecule has 3 rings (SSSR count). The molecule has 0 aliphatic carbocycles. The summed E-state index contributed by atoms with van der Waals surface area (Å²) in [5.74, 6) is -0.0241. The van der Waals surface area contributed by atoms with Crippen molar-refractivity contribution in [2.24, 2.45) is 5.92 Å². The average Bonchev–Trinajstić information content (AvgIpc) is 3.16. The number of hydrogen-bond donors (Lipinski definition) is 1.